The van der Waals surface area contributed by atoms with Crippen molar-refractivity contribution in [3.63, 3.8) is 0 Å². The standard InChI is InChI=1S/C9H14N6O2S/c1-2-3-5-7(16)15(9(17)11-5)4-6-13-14-8(12-10)18-6/h5H,2-4,10H2,1H3,(H,11,17)(H,12,14). The van der Waals surface area contributed by atoms with E-state index in [4.69, 9.17) is 5.84 Å². The van der Waals surface area contributed by atoms with E-state index >= 15 is 0 Å². The number of nitrogens with one attached hydrogen (secondary N) is 2. The van der Waals surface area contributed by atoms with Crippen LogP contribution in [0.4, 0.5) is 9.93 Å². The maximum absolute atomic E-state index is 11.9. The number of nitrogen functional groups attached to an aromatic ring is 1. The van der Waals surface area contributed by atoms with Crippen LogP contribution < -0.4 is 16.6 Å². The zero-order chi connectivity index (χ0) is 13.1. The van der Waals surface area contributed by atoms with Crippen LogP contribution in [0.15, 0.2) is 0 Å². The van der Waals surface area contributed by atoms with E-state index in [1.807, 2.05) is 6.92 Å². The van der Waals surface area contributed by atoms with E-state index in [-0.39, 0.29) is 18.5 Å². The van der Waals surface area contributed by atoms with E-state index in [1.54, 1.807) is 0 Å². The highest BCUT2D eigenvalue weighted by Crippen LogP contribution is 2.19. The van der Waals surface area contributed by atoms with E-state index in [2.05, 4.69) is 20.9 Å². The first kappa shape index (κ1) is 12.7. The highest BCUT2D eigenvalue weighted by molar-refractivity contribution is 7.15. The minimum atomic E-state index is -0.414. The number of carbonyl (C=O) groups is 2. The molecule has 2 rings (SSSR count). The zero-order valence-electron chi connectivity index (χ0n) is 9.84. The summed E-state index contributed by atoms with van der Waals surface area (Å²) in [6, 6.07) is -0.793. The Morgan fingerprint density at radius 2 is 2.28 bits per heavy atom. The molecule has 3 amide bonds. The molecule has 0 aromatic carbocycles. The van der Waals surface area contributed by atoms with Crippen LogP contribution in [-0.2, 0) is 11.3 Å². The van der Waals surface area contributed by atoms with Crippen LogP contribution in [0.1, 0.15) is 24.8 Å². The molecule has 8 nitrogen and oxygen atoms in total. The molecule has 0 aliphatic carbocycles. The van der Waals surface area contributed by atoms with Gasteiger partial charge in [0.25, 0.3) is 5.91 Å². The molecule has 1 aliphatic heterocycles. The molecule has 1 aliphatic rings. The number of hydrazine groups is 1. The van der Waals surface area contributed by atoms with Crippen molar-refractivity contribution in [2.75, 3.05) is 5.43 Å². The molecule has 18 heavy (non-hydrogen) atoms. The van der Waals surface area contributed by atoms with Crippen LogP contribution in [0, 0.1) is 0 Å². The number of anilines is 1. The Balaban J connectivity index is 2.04. The fourth-order valence-corrected chi connectivity index (χ4v) is 2.36. The van der Waals surface area contributed by atoms with Gasteiger partial charge in [0, 0.05) is 0 Å². The number of imide groups is 1. The summed E-state index contributed by atoms with van der Waals surface area (Å²) >= 11 is 1.21. The predicted molar refractivity (Wildman–Crippen MR) is 65.5 cm³/mol. The Kier molecular flexibility index (Phi) is 3.72. The largest absolute Gasteiger partial charge is 0.326 e. The summed E-state index contributed by atoms with van der Waals surface area (Å²) in [7, 11) is 0. The molecule has 0 saturated carbocycles. The number of rotatable bonds is 5. The molecule has 1 aromatic heterocycles. The van der Waals surface area contributed by atoms with Gasteiger partial charge in [-0.2, -0.15) is 0 Å². The van der Waals surface area contributed by atoms with Gasteiger partial charge >= 0.3 is 6.03 Å². The molecule has 1 aromatic rings. The third-order valence-electron chi connectivity index (χ3n) is 2.57. The van der Waals surface area contributed by atoms with Crippen LogP contribution in [0.25, 0.3) is 0 Å². The summed E-state index contributed by atoms with van der Waals surface area (Å²) in [5.74, 6) is 4.98. The van der Waals surface area contributed by atoms with Gasteiger partial charge in [0.05, 0.1) is 6.54 Å². The molecular weight excluding hydrogens is 256 g/mol. The van der Waals surface area contributed by atoms with E-state index in [1.165, 1.54) is 11.3 Å². The SMILES string of the molecule is CCCC1NC(=O)N(Cc2nnc(NN)s2)C1=O. The Morgan fingerprint density at radius 1 is 1.50 bits per heavy atom. The topological polar surface area (TPSA) is 113 Å². The van der Waals surface area contributed by atoms with Crippen molar-refractivity contribution >= 4 is 28.4 Å². The van der Waals surface area contributed by atoms with E-state index in [0.29, 0.717) is 16.6 Å². The summed E-state index contributed by atoms with van der Waals surface area (Å²) < 4.78 is 0. The minimum absolute atomic E-state index is 0.129. The second kappa shape index (κ2) is 5.27. The Morgan fingerprint density at radius 3 is 2.89 bits per heavy atom. The van der Waals surface area contributed by atoms with Gasteiger partial charge in [-0.1, -0.05) is 24.7 Å². The van der Waals surface area contributed by atoms with Crippen LogP contribution in [0.5, 0.6) is 0 Å². The van der Waals surface area contributed by atoms with Crippen molar-refractivity contribution in [2.24, 2.45) is 5.84 Å². The second-order valence-electron chi connectivity index (χ2n) is 3.86. The van der Waals surface area contributed by atoms with Crippen molar-refractivity contribution in [3.8, 4) is 0 Å². The van der Waals surface area contributed by atoms with Crippen molar-refractivity contribution < 1.29 is 9.59 Å². The molecule has 1 unspecified atom stereocenters. The first-order chi connectivity index (χ1) is 8.65. The number of hydrogen-bond acceptors (Lipinski definition) is 7. The maximum Gasteiger partial charge on any atom is 0.325 e. The molecule has 0 bridgehead atoms. The Bertz CT molecular complexity index is 462. The van der Waals surface area contributed by atoms with E-state index in [0.717, 1.165) is 11.3 Å². The van der Waals surface area contributed by atoms with Crippen LogP contribution >= 0.6 is 11.3 Å². The van der Waals surface area contributed by atoms with Gasteiger partial charge < -0.3 is 5.32 Å². The van der Waals surface area contributed by atoms with Crippen molar-refractivity contribution in [3.05, 3.63) is 5.01 Å². The van der Waals surface area contributed by atoms with Gasteiger partial charge in [-0.05, 0) is 6.42 Å². The highest BCUT2D eigenvalue weighted by atomic mass is 32.1. The quantitative estimate of drug-likeness (QED) is 0.395. The third kappa shape index (κ3) is 2.41. The lowest BCUT2D eigenvalue weighted by molar-refractivity contribution is -0.128. The number of nitrogens with zero attached hydrogens (tertiary/aromatic N) is 3. The van der Waals surface area contributed by atoms with Gasteiger partial charge in [-0.25, -0.2) is 10.6 Å². The molecule has 0 spiro atoms. The third-order valence-corrected chi connectivity index (χ3v) is 3.41. The Labute approximate surface area is 108 Å². The number of urea groups is 1. The number of aromatic nitrogens is 2. The molecule has 0 radical (unpaired) electrons. The lowest BCUT2D eigenvalue weighted by Gasteiger charge is -2.10. The fraction of sp³-hybridized carbons (Fsp3) is 0.556. The number of nitrogens with two attached hydrogens (primary N) is 1. The molecule has 1 fully saturated rings. The van der Waals surface area contributed by atoms with Crippen LogP contribution in [-0.4, -0.2) is 33.1 Å². The molecular formula is C9H14N6O2S. The number of hydrogen-bond donors (Lipinski definition) is 3. The van der Waals surface area contributed by atoms with E-state index in [9.17, 15) is 9.59 Å². The molecule has 9 heteroatoms. The van der Waals surface area contributed by atoms with Crippen molar-refractivity contribution in [1.29, 1.82) is 0 Å². The number of carbonyl (C=O) groups excluding carboxylic acids is 2. The highest BCUT2D eigenvalue weighted by Gasteiger charge is 2.37. The summed E-state index contributed by atoms with van der Waals surface area (Å²) in [4.78, 5) is 24.8. The normalized spacial score (nSPS) is 19.2. The summed E-state index contributed by atoms with van der Waals surface area (Å²) in [5.41, 5.74) is 2.36. The van der Waals surface area contributed by atoms with Gasteiger partial charge in [0.15, 0.2) is 0 Å². The molecule has 98 valence electrons. The van der Waals surface area contributed by atoms with Crippen LogP contribution in [0.3, 0.4) is 0 Å². The minimum Gasteiger partial charge on any atom is -0.326 e. The average molecular weight is 270 g/mol. The monoisotopic (exact) mass is 270 g/mol. The lowest BCUT2D eigenvalue weighted by Crippen LogP contribution is -2.30. The molecule has 1 atom stereocenters. The zero-order valence-corrected chi connectivity index (χ0v) is 10.7. The molecule has 4 N–H and O–H groups in total. The lowest BCUT2D eigenvalue weighted by atomic mass is 10.2. The molecule has 1 saturated heterocycles. The summed E-state index contributed by atoms with van der Waals surface area (Å²) in [6.07, 6.45) is 1.48. The summed E-state index contributed by atoms with van der Waals surface area (Å²) in [5, 5.41) is 11.2. The molecule has 2 heterocycles. The van der Waals surface area contributed by atoms with Crippen LogP contribution in [0.2, 0.25) is 0 Å². The van der Waals surface area contributed by atoms with Crippen molar-refractivity contribution in [2.45, 2.75) is 32.4 Å². The van der Waals surface area contributed by atoms with Gasteiger partial charge in [-0.15, -0.1) is 10.2 Å². The van der Waals surface area contributed by atoms with Gasteiger partial charge in [-0.3, -0.25) is 15.1 Å². The average Bonchev–Trinajstić information content (AvgIpc) is 2.91. The summed E-state index contributed by atoms with van der Waals surface area (Å²) in [6.45, 7) is 2.09. The second-order valence-corrected chi connectivity index (χ2v) is 4.92. The fourth-order valence-electron chi connectivity index (χ4n) is 1.72. The van der Waals surface area contributed by atoms with E-state index < -0.39 is 6.04 Å². The smallest absolute Gasteiger partial charge is 0.325 e. The Hall–Kier alpha value is -1.74. The first-order valence-electron chi connectivity index (χ1n) is 5.56. The number of amides is 3. The van der Waals surface area contributed by atoms with Gasteiger partial charge in [0.2, 0.25) is 5.13 Å². The predicted octanol–water partition coefficient (Wildman–Crippen LogP) is 0.0442. The van der Waals surface area contributed by atoms with Crippen molar-refractivity contribution in [1.82, 2.24) is 20.4 Å². The maximum atomic E-state index is 11.9. The first-order valence-corrected chi connectivity index (χ1v) is 6.38. The van der Waals surface area contributed by atoms with Gasteiger partial charge in [0.1, 0.15) is 11.0 Å².